The van der Waals surface area contributed by atoms with Gasteiger partial charge in [0, 0.05) is 16.7 Å². The van der Waals surface area contributed by atoms with Gasteiger partial charge in [-0.15, -0.1) is 0 Å². The molecule has 1 heterocycles. The first-order valence-electron chi connectivity index (χ1n) is 11.2. The number of ether oxygens (including phenoxy) is 1. The van der Waals surface area contributed by atoms with Gasteiger partial charge in [0.25, 0.3) is 5.91 Å². The Bertz CT molecular complexity index is 1450. The molecule has 0 spiro atoms. The number of fused-ring (bicyclic) bond motifs is 1. The number of methoxy groups -OCH3 is 1. The molecule has 34 heavy (non-hydrogen) atoms. The lowest BCUT2D eigenvalue weighted by molar-refractivity contribution is 0.0940. The van der Waals surface area contributed by atoms with Gasteiger partial charge in [-0.25, -0.2) is 0 Å². The highest BCUT2D eigenvalue weighted by atomic mass is 16.5. The van der Waals surface area contributed by atoms with Crippen LogP contribution >= 0.6 is 0 Å². The third kappa shape index (κ3) is 4.28. The molecular weight excluding hydrogens is 422 g/mol. The summed E-state index contributed by atoms with van der Waals surface area (Å²) >= 11 is 0. The van der Waals surface area contributed by atoms with Crippen molar-refractivity contribution in [3.63, 3.8) is 0 Å². The van der Waals surface area contributed by atoms with E-state index in [9.17, 15) is 4.79 Å². The highest BCUT2D eigenvalue weighted by molar-refractivity contribution is 5.96. The fourth-order valence-electron chi connectivity index (χ4n) is 4.13. The van der Waals surface area contributed by atoms with E-state index >= 15 is 0 Å². The third-order valence-electron chi connectivity index (χ3n) is 6.04. The molecule has 1 aromatic heterocycles. The van der Waals surface area contributed by atoms with Gasteiger partial charge in [0.2, 0.25) is 0 Å². The minimum Gasteiger partial charge on any atom is -0.497 e. The smallest absolute Gasteiger partial charge is 0.251 e. The van der Waals surface area contributed by atoms with Crippen LogP contribution in [0, 0.1) is 0 Å². The first-order valence-corrected chi connectivity index (χ1v) is 11.2. The number of aromatic nitrogens is 2. The van der Waals surface area contributed by atoms with Crippen LogP contribution < -0.4 is 10.1 Å². The highest BCUT2D eigenvalue weighted by Crippen LogP contribution is 2.30. The summed E-state index contributed by atoms with van der Waals surface area (Å²) in [6, 6.07) is 31.7. The minimum absolute atomic E-state index is 0.125. The zero-order chi connectivity index (χ0) is 23.5. The van der Waals surface area contributed by atoms with Gasteiger partial charge in [-0.1, -0.05) is 66.7 Å². The molecule has 0 aliphatic carbocycles. The van der Waals surface area contributed by atoms with Gasteiger partial charge >= 0.3 is 0 Å². The van der Waals surface area contributed by atoms with Crippen LogP contribution in [0.4, 0.5) is 0 Å². The second-order valence-corrected chi connectivity index (χ2v) is 8.24. The van der Waals surface area contributed by atoms with E-state index in [2.05, 4.69) is 45.8 Å². The van der Waals surface area contributed by atoms with Crippen LogP contribution in [0.25, 0.3) is 33.3 Å². The SMILES string of the molecule is COc1cccc([C@@H](C)NC(=O)c2ccc(-c3cc(-c4cccc5ccccc45)[nH]n3)cc2)c1. The summed E-state index contributed by atoms with van der Waals surface area (Å²) in [6.45, 7) is 1.96. The Kier molecular flexibility index (Phi) is 5.83. The molecular formula is C29H25N3O2. The van der Waals surface area contributed by atoms with Gasteiger partial charge in [0.15, 0.2) is 0 Å². The fourth-order valence-corrected chi connectivity index (χ4v) is 4.13. The van der Waals surface area contributed by atoms with E-state index in [0.29, 0.717) is 5.56 Å². The molecule has 0 saturated heterocycles. The maximum atomic E-state index is 12.8. The predicted molar refractivity (Wildman–Crippen MR) is 136 cm³/mol. The number of nitrogens with one attached hydrogen (secondary N) is 2. The molecule has 0 aliphatic heterocycles. The van der Waals surface area contributed by atoms with Crippen molar-refractivity contribution in [1.82, 2.24) is 15.5 Å². The summed E-state index contributed by atoms with van der Waals surface area (Å²) in [6.07, 6.45) is 0. The summed E-state index contributed by atoms with van der Waals surface area (Å²) in [5.41, 5.74) is 5.44. The van der Waals surface area contributed by atoms with Crippen LogP contribution in [0.3, 0.4) is 0 Å². The van der Waals surface area contributed by atoms with Crippen molar-refractivity contribution in [2.45, 2.75) is 13.0 Å². The van der Waals surface area contributed by atoms with Crippen LogP contribution in [0.15, 0.2) is 97.1 Å². The number of rotatable bonds is 6. The first-order chi connectivity index (χ1) is 16.6. The maximum Gasteiger partial charge on any atom is 0.251 e. The van der Waals surface area contributed by atoms with Crippen molar-refractivity contribution in [3.05, 3.63) is 108 Å². The summed E-state index contributed by atoms with van der Waals surface area (Å²) in [5, 5.41) is 13.1. The quantitative estimate of drug-likeness (QED) is 0.317. The standard InChI is InChI=1S/C29H25N3O2/c1-19(23-9-5-10-24(17-23)34-2)30-29(33)22-15-13-21(14-16-22)27-18-28(32-31-27)26-12-6-8-20-7-3-4-11-25(20)26/h3-19H,1-2H3,(H,30,33)(H,31,32)/t19-/m1/s1. The second-order valence-electron chi connectivity index (χ2n) is 8.24. The Morgan fingerprint density at radius 3 is 2.50 bits per heavy atom. The van der Waals surface area contributed by atoms with E-state index in [4.69, 9.17) is 4.74 Å². The molecule has 0 saturated carbocycles. The van der Waals surface area contributed by atoms with Crippen molar-refractivity contribution < 1.29 is 9.53 Å². The topological polar surface area (TPSA) is 67.0 Å². The van der Waals surface area contributed by atoms with Crippen molar-refractivity contribution in [2.24, 2.45) is 0 Å². The monoisotopic (exact) mass is 447 g/mol. The Morgan fingerprint density at radius 1 is 0.912 bits per heavy atom. The van der Waals surface area contributed by atoms with Crippen LogP contribution in [0.5, 0.6) is 5.75 Å². The van der Waals surface area contributed by atoms with E-state index in [0.717, 1.165) is 33.8 Å². The van der Waals surface area contributed by atoms with Crippen molar-refractivity contribution >= 4 is 16.7 Å². The molecule has 0 aliphatic rings. The molecule has 5 aromatic rings. The summed E-state index contributed by atoms with van der Waals surface area (Å²) < 4.78 is 5.28. The Morgan fingerprint density at radius 2 is 1.68 bits per heavy atom. The average Bonchev–Trinajstić information content (AvgIpc) is 3.38. The number of aromatic amines is 1. The molecule has 168 valence electrons. The fraction of sp³-hybridized carbons (Fsp3) is 0.103. The molecule has 5 nitrogen and oxygen atoms in total. The number of amides is 1. The number of nitrogens with zero attached hydrogens (tertiary/aromatic N) is 1. The summed E-state index contributed by atoms with van der Waals surface area (Å²) in [4.78, 5) is 12.8. The van der Waals surface area contributed by atoms with E-state index < -0.39 is 0 Å². The lowest BCUT2D eigenvalue weighted by Crippen LogP contribution is -2.26. The minimum atomic E-state index is -0.142. The largest absolute Gasteiger partial charge is 0.497 e. The average molecular weight is 448 g/mol. The van der Waals surface area contributed by atoms with E-state index in [-0.39, 0.29) is 11.9 Å². The van der Waals surface area contributed by atoms with Gasteiger partial charge < -0.3 is 10.1 Å². The van der Waals surface area contributed by atoms with Crippen molar-refractivity contribution in [2.75, 3.05) is 7.11 Å². The van der Waals surface area contributed by atoms with Gasteiger partial charge in [-0.2, -0.15) is 5.10 Å². The van der Waals surface area contributed by atoms with Crippen LogP contribution in [0.1, 0.15) is 28.9 Å². The number of hydrogen-bond donors (Lipinski definition) is 2. The van der Waals surface area contributed by atoms with Gasteiger partial charge in [0.1, 0.15) is 5.75 Å². The Labute approximate surface area is 198 Å². The molecule has 5 heteroatoms. The lowest BCUT2D eigenvalue weighted by atomic mass is 10.0. The van der Waals surface area contributed by atoms with Gasteiger partial charge in [0.05, 0.1) is 24.5 Å². The lowest BCUT2D eigenvalue weighted by Gasteiger charge is -2.15. The Balaban J connectivity index is 1.32. The molecule has 2 N–H and O–H groups in total. The van der Waals surface area contributed by atoms with Crippen molar-refractivity contribution in [3.8, 4) is 28.3 Å². The normalized spacial score (nSPS) is 11.8. The van der Waals surface area contributed by atoms with E-state index in [1.807, 2.05) is 73.7 Å². The van der Waals surface area contributed by atoms with Crippen LogP contribution in [-0.2, 0) is 0 Å². The number of carbonyl (C=O) groups excluding carboxylic acids is 1. The third-order valence-corrected chi connectivity index (χ3v) is 6.04. The molecule has 5 rings (SSSR count). The van der Waals surface area contributed by atoms with Gasteiger partial charge in [-0.3, -0.25) is 9.89 Å². The number of carbonyl (C=O) groups is 1. The summed E-state index contributed by atoms with van der Waals surface area (Å²) in [5.74, 6) is 0.644. The van der Waals surface area contributed by atoms with Crippen LogP contribution in [0.2, 0.25) is 0 Å². The number of hydrogen-bond acceptors (Lipinski definition) is 3. The molecule has 0 fully saturated rings. The molecule has 0 unspecified atom stereocenters. The second kappa shape index (κ2) is 9.24. The van der Waals surface area contributed by atoms with Crippen molar-refractivity contribution in [1.29, 1.82) is 0 Å². The highest BCUT2D eigenvalue weighted by Gasteiger charge is 2.13. The molecule has 4 aromatic carbocycles. The molecule has 0 radical (unpaired) electrons. The van der Waals surface area contributed by atoms with Crippen LogP contribution in [-0.4, -0.2) is 23.2 Å². The molecule has 0 bridgehead atoms. The number of benzene rings is 4. The molecule has 1 amide bonds. The Hall–Kier alpha value is -4.38. The number of H-pyrrole nitrogens is 1. The molecule has 1 atom stereocenters. The zero-order valence-corrected chi connectivity index (χ0v) is 19.1. The zero-order valence-electron chi connectivity index (χ0n) is 19.1. The first kappa shape index (κ1) is 21.5. The van der Waals surface area contributed by atoms with E-state index in [1.165, 1.54) is 10.8 Å². The van der Waals surface area contributed by atoms with Gasteiger partial charge in [-0.05, 0) is 53.6 Å². The maximum absolute atomic E-state index is 12.8. The van der Waals surface area contributed by atoms with E-state index in [1.54, 1.807) is 7.11 Å². The summed E-state index contributed by atoms with van der Waals surface area (Å²) in [7, 11) is 1.63. The predicted octanol–water partition coefficient (Wildman–Crippen LogP) is 6.40.